The number of aromatic nitrogens is 2. The third-order valence-corrected chi connectivity index (χ3v) is 6.26. The Morgan fingerprint density at radius 1 is 1.24 bits per heavy atom. The van der Waals surface area contributed by atoms with Gasteiger partial charge in [0.2, 0.25) is 5.91 Å². The highest BCUT2D eigenvalue weighted by Gasteiger charge is 2.32. The molecule has 0 unspecified atom stereocenters. The summed E-state index contributed by atoms with van der Waals surface area (Å²) in [5.41, 5.74) is 6.05. The molecule has 0 aliphatic carbocycles. The van der Waals surface area contributed by atoms with Crippen LogP contribution in [0.1, 0.15) is 56.6 Å². The molecule has 210 valence electrons. The summed E-state index contributed by atoms with van der Waals surface area (Å²) in [5.74, 6) is 1.19. The van der Waals surface area contributed by atoms with E-state index in [1.54, 1.807) is 17.2 Å². The summed E-state index contributed by atoms with van der Waals surface area (Å²) in [5, 5.41) is 6.21. The molecule has 0 saturated carbocycles. The Morgan fingerprint density at radius 3 is 2.58 bits per heavy atom. The molecule has 11 heteroatoms. The summed E-state index contributed by atoms with van der Waals surface area (Å²) in [7, 11) is 0. The first-order valence-electron chi connectivity index (χ1n) is 13.3. The van der Waals surface area contributed by atoms with Crippen LogP contribution in [0.5, 0.6) is 0 Å². The van der Waals surface area contributed by atoms with Gasteiger partial charge in [-0.1, -0.05) is 34.6 Å². The van der Waals surface area contributed by atoms with Crippen molar-refractivity contribution in [2.24, 2.45) is 11.7 Å². The molecule has 1 aliphatic heterocycles. The summed E-state index contributed by atoms with van der Waals surface area (Å²) in [6.45, 7) is 15.0. The molecule has 0 bridgehead atoms. The molecule has 4 N–H and O–H groups in total. The molecule has 1 aliphatic rings. The van der Waals surface area contributed by atoms with Crippen LogP contribution in [-0.4, -0.2) is 90.1 Å². The van der Waals surface area contributed by atoms with Crippen molar-refractivity contribution in [3.63, 3.8) is 0 Å². The minimum Gasteiger partial charge on any atom is -0.467 e. The van der Waals surface area contributed by atoms with Gasteiger partial charge in [0.05, 0.1) is 26.0 Å². The summed E-state index contributed by atoms with van der Waals surface area (Å²) in [6.07, 6.45) is 3.13. The third-order valence-electron chi connectivity index (χ3n) is 6.26. The molecule has 11 nitrogen and oxygen atoms in total. The topological polar surface area (TPSA) is 139 Å². The number of rotatable bonds is 12. The van der Waals surface area contributed by atoms with Gasteiger partial charge in [0.25, 0.3) is 5.91 Å². The molecule has 0 spiro atoms. The number of hydrogen-bond donors (Lipinski definition) is 3. The van der Waals surface area contributed by atoms with Gasteiger partial charge in [-0.25, -0.2) is 9.97 Å². The smallest absolute Gasteiger partial charge is 0.259 e. The van der Waals surface area contributed by atoms with Crippen LogP contribution in [0.15, 0.2) is 29.0 Å². The van der Waals surface area contributed by atoms with E-state index in [-0.39, 0.29) is 35.3 Å². The van der Waals surface area contributed by atoms with Crippen molar-refractivity contribution >= 4 is 17.6 Å². The van der Waals surface area contributed by atoms with Crippen LogP contribution in [0.2, 0.25) is 0 Å². The molecular weight excluding hydrogens is 486 g/mol. The van der Waals surface area contributed by atoms with Gasteiger partial charge in [0, 0.05) is 50.9 Å². The molecule has 2 amide bonds. The Kier molecular flexibility index (Phi) is 10.6. The minimum absolute atomic E-state index is 0.00205. The second kappa shape index (κ2) is 13.7. The molecule has 3 heterocycles. The van der Waals surface area contributed by atoms with Crippen LogP contribution < -0.4 is 16.4 Å². The zero-order chi connectivity index (χ0) is 27.7. The summed E-state index contributed by atoms with van der Waals surface area (Å²) in [4.78, 5) is 40.2. The Balaban J connectivity index is 1.82. The molecule has 1 fully saturated rings. The third kappa shape index (κ3) is 8.24. The summed E-state index contributed by atoms with van der Waals surface area (Å²) < 4.78 is 10.8. The van der Waals surface area contributed by atoms with E-state index >= 15 is 0 Å². The fourth-order valence-electron chi connectivity index (χ4n) is 4.17. The van der Waals surface area contributed by atoms with Crippen LogP contribution >= 0.6 is 0 Å². The number of ether oxygens (including phenoxy) is 1. The van der Waals surface area contributed by atoms with Crippen LogP contribution in [0.4, 0.5) is 5.82 Å². The molecule has 2 aromatic rings. The number of furan rings is 1. The molecule has 0 aromatic carbocycles. The second-order valence-corrected chi connectivity index (χ2v) is 11.0. The molecule has 1 atom stereocenters. The van der Waals surface area contributed by atoms with Gasteiger partial charge in [0.15, 0.2) is 0 Å². The number of anilines is 1. The Hall–Kier alpha value is -3.02. The first kappa shape index (κ1) is 29.5. The van der Waals surface area contributed by atoms with E-state index in [1.165, 1.54) is 6.20 Å². The Labute approximate surface area is 225 Å². The molecular formula is C27H43N7O4. The lowest BCUT2D eigenvalue weighted by Crippen LogP contribution is -2.55. The zero-order valence-electron chi connectivity index (χ0n) is 23.3. The molecule has 2 aromatic heterocycles. The first-order valence-corrected chi connectivity index (χ1v) is 13.3. The van der Waals surface area contributed by atoms with Gasteiger partial charge >= 0.3 is 0 Å². The van der Waals surface area contributed by atoms with E-state index in [0.29, 0.717) is 56.8 Å². The average Bonchev–Trinajstić information content (AvgIpc) is 3.40. The van der Waals surface area contributed by atoms with E-state index < -0.39 is 6.04 Å². The van der Waals surface area contributed by atoms with Crippen molar-refractivity contribution in [3.8, 4) is 0 Å². The standard InChI is InChI=1S/C27H43N7O4/c1-19(2)18-34(22(15-28)24(35)29-8-9-33-10-13-37-14-11-33)25(36)21-17-31-26(27(3,4)5)32-23(21)30-16-20-7-6-12-38-20/h6-7,12,17,19,22H,8-11,13-16,18,28H2,1-5H3,(H,29,35)(H,30,31,32)/t22-/m0/s1. The molecule has 0 radical (unpaired) electrons. The SMILES string of the molecule is CC(C)CN(C(=O)c1cnc(C(C)(C)C)nc1NCc1ccco1)[C@@H](CN)C(=O)NCCN1CCOCC1. The van der Waals surface area contributed by atoms with Crippen molar-refractivity contribution in [1.82, 2.24) is 25.1 Å². The minimum atomic E-state index is -0.824. The lowest BCUT2D eigenvalue weighted by molar-refractivity contribution is -0.125. The van der Waals surface area contributed by atoms with E-state index in [2.05, 4.69) is 20.5 Å². The maximum absolute atomic E-state index is 14.0. The highest BCUT2D eigenvalue weighted by molar-refractivity contribution is 6.01. The predicted molar refractivity (Wildman–Crippen MR) is 146 cm³/mol. The highest BCUT2D eigenvalue weighted by atomic mass is 16.5. The van der Waals surface area contributed by atoms with E-state index in [0.717, 1.165) is 13.1 Å². The normalized spacial score (nSPS) is 15.3. The van der Waals surface area contributed by atoms with E-state index in [4.69, 9.17) is 19.9 Å². The lowest BCUT2D eigenvalue weighted by atomic mass is 9.95. The number of nitrogens with two attached hydrogens (primary N) is 1. The maximum Gasteiger partial charge on any atom is 0.259 e. The zero-order valence-corrected chi connectivity index (χ0v) is 23.3. The molecule has 38 heavy (non-hydrogen) atoms. The first-order chi connectivity index (χ1) is 18.1. The van der Waals surface area contributed by atoms with Crippen molar-refractivity contribution in [1.29, 1.82) is 0 Å². The average molecular weight is 530 g/mol. The Bertz CT molecular complexity index is 1030. The summed E-state index contributed by atoms with van der Waals surface area (Å²) in [6, 6.07) is 2.82. The van der Waals surface area contributed by atoms with Crippen LogP contribution in [0.25, 0.3) is 0 Å². The van der Waals surface area contributed by atoms with Gasteiger partial charge in [-0.15, -0.1) is 0 Å². The number of nitrogens with zero attached hydrogens (tertiary/aromatic N) is 4. The number of carbonyl (C=O) groups excluding carboxylic acids is 2. The highest BCUT2D eigenvalue weighted by Crippen LogP contribution is 2.24. The fourth-order valence-corrected chi connectivity index (χ4v) is 4.17. The monoisotopic (exact) mass is 529 g/mol. The number of nitrogens with one attached hydrogen (secondary N) is 2. The van der Waals surface area contributed by atoms with Crippen LogP contribution in [0, 0.1) is 5.92 Å². The second-order valence-electron chi connectivity index (χ2n) is 11.0. The van der Waals surface area contributed by atoms with Gasteiger partial charge in [0.1, 0.15) is 29.0 Å². The van der Waals surface area contributed by atoms with Crippen molar-refractivity contribution in [2.45, 2.75) is 52.6 Å². The van der Waals surface area contributed by atoms with Gasteiger partial charge < -0.3 is 30.4 Å². The lowest BCUT2D eigenvalue weighted by Gasteiger charge is -2.32. The quantitative estimate of drug-likeness (QED) is 0.376. The predicted octanol–water partition coefficient (Wildman–Crippen LogP) is 1.85. The maximum atomic E-state index is 14.0. The van der Waals surface area contributed by atoms with Crippen LogP contribution in [-0.2, 0) is 21.5 Å². The van der Waals surface area contributed by atoms with Gasteiger partial charge in [-0.05, 0) is 18.1 Å². The molecule has 1 saturated heterocycles. The van der Waals surface area contributed by atoms with Crippen molar-refractivity contribution in [3.05, 3.63) is 41.7 Å². The van der Waals surface area contributed by atoms with Crippen molar-refractivity contribution in [2.75, 3.05) is 57.8 Å². The van der Waals surface area contributed by atoms with E-state index in [1.807, 2.05) is 40.7 Å². The van der Waals surface area contributed by atoms with Gasteiger partial charge in [-0.3, -0.25) is 14.5 Å². The van der Waals surface area contributed by atoms with E-state index in [9.17, 15) is 9.59 Å². The number of hydrogen-bond acceptors (Lipinski definition) is 9. The molecule has 3 rings (SSSR count). The number of morpholine rings is 1. The van der Waals surface area contributed by atoms with Crippen molar-refractivity contribution < 1.29 is 18.7 Å². The number of carbonyl (C=O) groups is 2. The van der Waals surface area contributed by atoms with Gasteiger partial charge in [-0.2, -0.15) is 0 Å². The fraction of sp³-hybridized carbons (Fsp3) is 0.630. The van der Waals surface area contributed by atoms with Crippen LogP contribution in [0.3, 0.4) is 0 Å². The number of amides is 2. The Morgan fingerprint density at radius 2 is 1.97 bits per heavy atom. The largest absolute Gasteiger partial charge is 0.467 e. The summed E-state index contributed by atoms with van der Waals surface area (Å²) >= 11 is 0.